The second kappa shape index (κ2) is 9.01. The van der Waals surface area contributed by atoms with Crippen molar-refractivity contribution in [2.45, 2.75) is 25.9 Å². The zero-order valence-electron chi connectivity index (χ0n) is 14.4. The molecule has 1 atom stereocenters. The normalized spacial score (nSPS) is 11.7. The maximum atomic E-state index is 14.0. The third-order valence-corrected chi connectivity index (χ3v) is 4.66. The molecule has 2 aromatic rings. The molecule has 0 saturated carbocycles. The zero-order chi connectivity index (χ0) is 19.3. The number of carbonyl (C=O) groups is 2. The van der Waals surface area contributed by atoms with Gasteiger partial charge >= 0.3 is 0 Å². The monoisotopic (exact) mass is 396 g/mol. The van der Waals surface area contributed by atoms with E-state index in [1.54, 1.807) is 43.3 Å². The second-order valence-corrected chi connectivity index (χ2v) is 6.66. The molecule has 4 nitrogen and oxygen atoms in total. The lowest BCUT2D eigenvalue weighted by Gasteiger charge is -2.28. The van der Waals surface area contributed by atoms with Crippen molar-refractivity contribution >= 4 is 35.0 Å². The first-order chi connectivity index (χ1) is 12.3. The first kappa shape index (κ1) is 20.2. The third-order valence-electron chi connectivity index (χ3n) is 4.07. The predicted molar refractivity (Wildman–Crippen MR) is 101 cm³/mol. The van der Waals surface area contributed by atoms with Crippen LogP contribution in [0.5, 0.6) is 0 Å². The molecule has 1 unspecified atom stereocenters. The Morgan fingerprint density at radius 2 is 1.85 bits per heavy atom. The number of hydrogen-bond donors (Lipinski definition) is 1. The minimum atomic E-state index is -0.766. The van der Waals surface area contributed by atoms with Gasteiger partial charge in [-0.05, 0) is 30.7 Å². The molecule has 0 aromatic heterocycles. The zero-order valence-corrected chi connectivity index (χ0v) is 15.9. The molecule has 0 aliphatic carbocycles. The summed E-state index contributed by atoms with van der Waals surface area (Å²) in [6.07, 6.45) is -0.0220. The van der Waals surface area contributed by atoms with Gasteiger partial charge in [0.05, 0.1) is 6.42 Å². The van der Waals surface area contributed by atoms with Gasteiger partial charge in [-0.15, -0.1) is 0 Å². The number of amides is 2. The van der Waals surface area contributed by atoms with Gasteiger partial charge in [-0.2, -0.15) is 0 Å². The van der Waals surface area contributed by atoms with Crippen molar-refractivity contribution in [1.82, 2.24) is 10.2 Å². The van der Waals surface area contributed by atoms with Crippen LogP contribution in [0.1, 0.15) is 18.1 Å². The van der Waals surface area contributed by atoms with E-state index in [2.05, 4.69) is 5.32 Å². The van der Waals surface area contributed by atoms with Crippen LogP contribution in [0.15, 0.2) is 42.5 Å². The Labute approximate surface area is 161 Å². The summed E-state index contributed by atoms with van der Waals surface area (Å²) >= 11 is 12.0. The van der Waals surface area contributed by atoms with Crippen LogP contribution in [0.4, 0.5) is 4.39 Å². The van der Waals surface area contributed by atoms with E-state index in [4.69, 9.17) is 23.2 Å². The molecule has 0 fully saturated rings. The van der Waals surface area contributed by atoms with Crippen molar-refractivity contribution in [3.63, 3.8) is 0 Å². The van der Waals surface area contributed by atoms with Gasteiger partial charge < -0.3 is 10.2 Å². The molecule has 1 N–H and O–H groups in total. The van der Waals surface area contributed by atoms with Crippen molar-refractivity contribution in [1.29, 1.82) is 0 Å². The van der Waals surface area contributed by atoms with Gasteiger partial charge in [-0.3, -0.25) is 9.59 Å². The van der Waals surface area contributed by atoms with Gasteiger partial charge in [0.1, 0.15) is 11.9 Å². The average molecular weight is 397 g/mol. The molecule has 2 aromatic carbocycles. The predicted octanol–water partition coefficient (Wildman–Crippen LogP) is 3.84. The van der Waals surface area contributed by atoms with Crippen molar-refractivity contribution < 1.29 is 14.0 Å². The maximum Gasteiger partial charge on any atom is 0.242 e. The Morgan fingerprint density at radius 3 is 2.46 bits per heavy atom. The fourth-order valence-corrected chi connectivity index (χ4v) is 3.01. The summed E-state index contributed by atoms with van der Waals surface area (Å²) in [5, 5.41) is 3.34. The van der Waals surface area contributed by atoms with E-state index in [9.17, 15) is 14.0 Å². The van der Waals surface area contributed by atoms with Gasteiger partial charge in [0.15, 0.2) is 0 Å². The smallest absolute Gasteiger partial charge is 0.242 e. The number of benzene rings is 2. The molecule has 0 aliphatic rings. The van der Waals surface area contributed by atoms with Crippen molar-refractivity contribution in [3.8, 4) is 0 Å². The molecule has 0 bridgehead atoms. The number of likely N-dealkylation sites (N-methyl/N-ethyl adjacent to an activating group) is 1. The van der Waals surface area contributed by atoms with E-state index in [1.807, 2.05) is 0 Å². The SMILES string of the molecule is CNC(=O)C(C)N(Cc1ccccc1F)C(=O)Cc1ccc(Cl)cc1Cl. The summed E-state index contributed by atoms with van der Waals surface area (Å²) in [5.74, 6) is -1.11. The molecule has 0 radical (unpaired) electrons. The van der Waals surface area contributed by atoms with E-state index in [-0.39, 0.29) is 24.8 Å². The molecular weight excluding hydrogens is 378 g/mol. The standard InChI is InChI=1S/C19H19Cl2FN2O2/c1-12(19(26)23-2)24(11-14-5-3-4-6-17(14)22)18(25)9-13-7-8-15(20)10-16(13)21/h3-8,10,12H,9,11H2,1-2H3,(H,23,26). The molecule has 26 heavy (non-hydrogen) atoms. The molecular formula is C19H19Cl2FN2O2. The lowest BCUT2D eigenvalue weighted by Crippen LogP contribution is -2.47. The number of nitrogens with zero attached hydrogens (tertiary/aromatic N) is 1. The lowest BCUT2D eigenvalue weighted by molar-refractivity contribution is -0.139. The number of carbonyl (C=O) groups excluding carboxylic acids is 2. The highest BCUT2D eigenvalue weighted by Crippen LogP contribution is 2.23. The number of halogens is 3. The fraction of sp³-hybridized carbons (Fsp3) is 0.263. The summed E-state index contributed by atoms with van der Waals surface area (Å²) in [5.41, 5.74) is 0.919. The summed E-state index contributed by atoms with van der Waals surface area (Å²) in [4.78, 5) is 26.2. The van der Waals surface area contributed by atoms with E-state index in [0.717, 1.165) is 0 Å². The summed E-state index contributed by atoms with van der Waals surface area (Å²) in [7, 11) is 1.49. The van der Waals surface area contributed by atoms with Crippen LogP contribution in [0.2, 0.25) is 10.0 Å². The van der Waals surface area contributed by atoms with Gasteiger partial charge in [-0.25, -0.2) is 4.39 Å². The highest BCUT2D eigenvalue weighted by atomic mass is 35.5. The van der Waals surface area contributed by atoms with Crippen LogP contribution in [0.3, 0.4) is 0 Å². The Balaban J connectivity index is 2.28. The first-order valence-corrected chi connectivity index (χ1v) is 8.77. The van der Waals surface area contributed by atoms with Crippen LogP contribution in [-0.2, 0) is 22.6 Å². The van der Waals surface area contributed by atoms with E-state index >= 15 is 0 Å². The molecule has 0 aliphatic heterocycles. The molecule has 7 heteroatoms. The highest BCUT2D eigenvalue weighted by Gasteiger charge is 2.26. The highest BCUT2D eigenvalue weighted by molar-refractivity contribution is 6.35. The lowest BCUT2D eigenvalue weighted by atomic mass is 10.1. The first-order valence-electron chi connectivity index (χ1n) is 8.02. The average Bonchev–Trinajstić information content (AvgIpc) is 2.62. The quantitative estimate of drug-likeness (QED) is 0.806. The second-order valence-electron chi connectivity index (χ2n) is 5.82. The van der Waals surface area contributed by atoms with Gasteiger partial charge in [0.25, 0.3) is 0 Å². The fourth-order valence-electron chi connectivity index (χ4n) is 2.53. The molecule has 0 heterocycles. The largest absolute Gasteiger partial charge is 0.357 e. The topological polar surface area (TPSA) is 49.4 Å². The van der Waals surface area contributed by atoms with Crippen LogP contribution in [0, 0.1) is 5.82 Å². The van der Waals surface area contributed by atoms with Crippen LogP contribution in [0.25, 0.3) is 0 Å². The minimum absolute atomic E-state index is 0.0220. The van der Waals surface area contributed by atoms with E-state index in [0.29, 0.717) is 21.2 Å². The molecule has 0 saturated heterocycles. The number of nitrogens with one attached hydrogen (secondary N) is 1. The van der Waals surface area contributed by atoms with Crippen molar-refractivity contribution in [2.24, 2.45) is 0 Å². The van der Waals surface area contributed by atoms with E-state index < -0.39 is 11.9 Å². The molecule has 0 spiro atoms. The summed E-state index contributed by atoms with van der Waals surface area (Å²) < 4.78 is 14.0. The molecule has 2 rings (SSSR count). The maximum absolute atomic E-state index is 14.0. The van der Waals surface area contributed by atoms with Crippen LogP contribution < -0.4 is 5.32 Å². The van der Waals surface area contributed by atoms with Crippen molar-refractivity contribution in [3.05, 3.63) is 69.5 Å². The van der Waals surface area contributed by atoms with Gasteiger partial charge in [0.2, 0.25) is 11.8 Å². The molecule has 2 amide bonds. The number of rotatable bonds is 6. The summed E-state index contributed by atoms with van der Waals surface area (Å²) in [6.45, 7) is 1.58. The number of hydrogen-bond acceptors (Lipinski definition) is 2. The Bertz CT molecular complexity index is 814. The third kappa shape index (κ3) is 4.96. The van der Waals surface area contributed by atoms with E-state index in [1.165, 1.54) is 18.0 Å². The van der Waals surface area contributed by atoms with Gasteiger partial charge in [-0.1, -0.05) is 47.5 Å². The van der Waals surface area contributed by atoms with Crippen LogP contribution >= 0.6 is 23.2 Å². The Kier molecular flexibility index (Phi) is 7.00. The van der Waals surface area contributed by atoms with Crippen LogP contribution in [-0.4, -0.2) is 29.8 Å². The van der Waals surface area contributed by atoms with Crippen molar-refractivity contribution in [2.75, 3.05) is 7.05 Å². The minimum Gasteiger partial charge on any atom is -0.357 e. The van der Waals surface area contributed by atoms with Gasteiger partial charge in [0, 0.05) is 29.2 Å². The molecule has 138 valence electrons. The Hall–Kier alpha value is -2.11. The summed E-state index contributed by atoms with van der Waals surface area (Å²) in [6, 6.07) is 10.2. The Morgan fingerprint density at radius 1 is 1.15 bits per heavy atom.